The standard InChI is InChI=1S/C28H31FN6O5S/c1-33-14-24(30-17-33)41(38,39)34-11-9-28(10-12-34)16-35(27(37)31-19-5-3-18(29)4-6-19)23(15-36)26-25(28)21-8-7-20(40-2)13-22(21)32-26/h3-8,13-14,17,23,32,36H,9-12,15-16H2,1-2H3,(H,31,37)/t23-/m0/s1. The number of carbonyl (C=O) groups excluding carboxylic acids is 1. The lowest BCUT2D eigenvalue weighted by molar-refractivity contribution is 0.0860. The maximum atomic E-state index is 13.6. The average molecular weight is 583 g/mol. The van der Waals surface area contributed by atoms with Crippen molar-refractivity contribution in [3.05, 3.63) is 72.1 Å². The number of hydrogen-bond acceptors (Lipinski definition) is 6. The summed E-state index contributed by atoms with van der Waals surface area (Å²) in [4.78, 5) is 22.7. The molecule has 4 aromatic rings. The van der Waals surface area contributed by atoms with Crippen molar-refractivity contribution < 1.29 is 27.4 Å². The van der Waals surface area contributed by atoms with E-state index in [4.69, 9.17) is 4.74 Å². The molecule has 1 atom stereocenters. The Bertz CT molecular complexity index is 1710. The lowest BCUT2D eigenvalue weighted by Gasteiger charge is -2.49. The molecule has 216 valence electrons. The summed E-state index contributed by atoms with van der Waals surface area (Å²) in [6, 6.07) is 10.1. The largest absolute Gasteiger partial charge is 0.497 e. The normalized spacial score (nSPS) is 18.9. The zero-order valence-electron chi connectivity index (χ0n) is 22.7. The van der Waals surface area contributed by atoms with Gasteiger partial charge in [-0.25, -0.2) is 22.6 Å². The van der Waals surface area contributed by atoms with Gasteiger partial charge in [0.1, 0.15) is 11.6 Å². The number of nitrogens with one attached hydrogen (secondary N) is 2. The average Bonchev–Trinajstić information content (AvgIpc) is 3.58. The zero-order valence-corrected chi connectivity index (χ0v) is 23.5. The highest BCUT2D eigenvalue weighted by Gasteiger charge is 2.50. The van der Waals surface area contributed by atoms with Crippen LogP contribution in [0, 0.1) is 5.82 Å². The van der Waals surface area contributed by atoms with Gasteiger partial charge in [-0.3, -0.25) is 0 Å². The Balaban J connectivity index is 1.39. The number of anilines is 1. The smallest absolute Gasteiger partial charge is 0.322 e. The molecule has 13 heteroatoms. The molecule has 1 fully saturated rings. The molecule has 0 saturated carbocycles. The van der Waals surface area contributed by atoms with Gasteiger partial charge >= 0.3 is 6.03 Å². The molecule has 2 aromatic heterocycles. The summed E-state index contributed by atoms with van der Waals surface area (Å²) in [5, 5.41) is 14.3. The zero-order chi connectivity index (χ0) is 28.9. The van der Waals surface area contributed by atoms with E-state index in [1.54, 1.807) is 23.6 Å². The molecule has 0 bridgehead atoms. The molecule has 2 aromatic carbocycles. The molecule has 4 heterocycles. The highest BCUT2D eigenvalue weighted by atomic mass is 32.2. The number of benzene rings is 2. The number of aromatic amines is 1. The number of sulfonamides is 1. The number of methoxy groups -OCH3 is 1. The summed E-state index contributed by atoms with van der Waals surface area (Å²) < 4.78 is 48.6. The van der Waals surface area contributed by atoms with Crippen molar-refractivity contribution in [3.8, 4) is 5.75 Å². The van der Waals surface area contributed by atoms with E-state index in [1.807, 2.05) is 18.2 Å². The number of urea groups is 1. The minimum atomic E-state index is -3.79. The number of rotatable bonds is 5. The third-order valence-electron chi connectivity index (χ3n) is 8.24. The molecule has 1 saturated heterocycles. The van der Waals surface area contributed by atoms with Crippen LogP contribution < -0.4 is 10.1 Å². The lowest BCUT2D eigenvalue weighted by Crippen LogP contribution is -2.56. The van der Waals surface area contributed by atoms with E-state index < -0.39 is 33.3 Å². The van der Waals surface area contributed by atoms with Crippen LogP contribution in [0.3, 0.4) is 0 Å². The topological polar surface area (TPSA) is 133 Å². The van der Waals surface area contributed by atoms with Crippen LogP contribution in [0.15, 0.2) is 60.0 Å². The summed E-state index contributed by atoms with van der Waals surface area (Å²) in [7, 11) is -0.485. The Morgan fingerprint density at radius 2 is 1.95 bits per heavy atom. The Hall–Kier alpha value is -3.94. The van der Waals surface area contributed by atoms with E-state index in [1.165, 1.54) is 41.1 Å². The van der Waals surface area contributed by atoms with Crippen molar-refractivity contribution in [2.45, 2.75) is 29.3 Å². The van der Waals surface area contributed by atoms with E-state index in [2.05, 4.69) is 15.3 Å². The van der Waals surface area contributed by atoms with Crippen LogP contribution in [-0.2, 0) is 22.5 Å². The first kappa shape index (κ1) is 27.2. The Morgan fingerprint density at radius 3 is 2.59 bits per heavy atom. The van der Waals surface area contributed by atoms with Gasteiger partial charge in [0.15, 0.2) is 5.03 Å². The van der Waals surface area contributed by atoms with Crippen LogP contribution in [0.1, 0.15) is 30.1 Å². The van der Waals surface area contributed by atoms with Crippen molar-refractivity contribution in [1.29, 1.82) is 0 Å². The number of ether oxygens (including phenoxy) is 1. The van der Waals surface area contributed by atoms with Crippen molar-refractivity contribution in [3.63, 3.8) is 0 Å². The van der Waals surface area contributed by atoms with Gasteiger partial charge in [-0.05, 0) is 54.8 Å². The second-order valence-corrected chi connectivity index (χ2v) is 12.5. The Labute approximate surface area is 236 Å². The molecular weight excluding hydrogens is 551 g/mol. The molecule has 0 radical (unpaired) electrons. The molecule has 2 aliphatic rings. The summed E-state index contributed by atoms with van der Waals surface area (Å²) in [5.74, 6) is 0.242. The number of aromatic nitrogens is 3. The third-order valence-corrected chi connectivity index (χ3v) is 10.0. The number of aryl methyl sites for hydroxylation is 1. The predicted octanol–water partition coefficient (Wildman–Crippen LogP) is 3.35. The number of aliphatic hydroxyl groups is 1. The monoisotopic (exact) mass is 582 g/mol. The van der Waals surface area contributed by atoms with Crippen LogP contribution in [0.5, 0.6) is 5.75 Å². The fourth-order valence-corrected chi connectivity index (χ4v) is 7.57. The predicted molar refractivity (Wildman–Crippen MR) is 150 cm³/mol. The molecule has 6 rings (SSSR count). The molecule has 0 aliphatic carbocycles. The summed E-state index contributed by atoms with van der Waals surface area (Å²) >= 11 is 0. The maximum absolute atomic E-state index is 13.6. The summed E-state index contributed by atoms with van der Waals surface area (Å²) in [6.45, 7) is 0.398. The van der Waals surface area contributed by atoms with Gasteiger partial charge in [0.05, 0.1) is 26.1 Å². The second-order valence-electron chi connectivity index (χ2n) is 10.7. The molecular formula is C28H31FN6O5S. The summed E-state index contributed by atoms with van der Waals surface area (Å²) in [5.41, 5.74) is 2.32. The van der Waals surface area contributed by atoms with Crippen LogP contribution in [0.4, 0.5) is 14.9 Å². The first-order valence-corrected chi connectivity index (χ1v) is 14.7. The minimum Gasteiger partial charge on any atom is -0.497 e. The van der Waals surface area contributed by atoms with E-state index >= 15 is 0 Å². The number of aliphatic hydroxyl groups excluding tert-OH is 1. The lowest BCUT2D eigenvalue weighted by atomic mass is 9.68. The van der Waals surface area contributed by atoms with Crippen molar-refractivity contribution in [2.75, 3.05) is 38.7 Å². The van der Waals surface area contributed by atoms with Gasteiger partial charge in [-0.15, -0.1) is 0 Å². The SMILES string of the molecule is COc1ccc2c3c([nH]c2c1)[C@H](CO)N(C(=O)Nc1ccc(F)cc1)CC31CCN(S(=O)(=O)c2cn(C)cn2)CC1. The highest BCUT2D eigenvalue weighted by Crippen LogP contribution is 2.49. The maximum Gasteiger partial charge on any atom is 0.322 e. The quantitative estimate of drug-likeness (QED) is 0.331. The van der Waals surface area contributed by atoms with E-state index in [0.29, 0.717) is 30.0 Å². The highest BCUT2D eigenvalue weighted by molar-refractivity contribution is 7.89. The Kier molecular flexibility index (Phi) is 6.75. The molecule has 0 unspecified atom stereocenters. The van der Waals surface area contributed by atoms with E-state index in [9.17, 15) is 22.7 Å². The molecule has 2 amide bonds. The van der Waals surface area contributed by atoms with Gasteiger partial charge < -0.3 is 29.6 Å². The van der Waals surface area contributed by atoms with E-state index in [0.717, 1.165) is 16.5 Å². The van der Waals surface area contributed by atoms with Gasteiger partial charge in [0, 0.05) is 66.6 Å². The first-order valence-electron chi connectivity index (χ1n) is 13.3. The van der Waals surface area contributed by atoms with E-state index in [-0.39, 0.29) is 31.3 Å². The fourth-order valence-electron chi connectivity index (χ4n) is 6.17. The molecule has 3 N–H and O–H groups in total. The summed E-state index contributed by atoms with van der Waals surface area (Å²) in [6.07, 6.45) is 3.84. The van der Waals surface area contributed by atoms with Crippen molar-refractivity contribution >= 4 is 32.6 Å². The molecule has 2 aliphatic heterocycles. The number of amides is 2. The second kappa shape index (κ2) is 10.2. The first-order chi connectivity index (χ1) is 19.6. The number of imidazole rings is 1. The van der Waals surface area contributed by atoms with Crippen LogP contribution in [0.25, 0.3) is 10.9 Å². The third kappa shape index (κ3) is 4.63. The van der Waals surface area contributed by atoms with Gasteiger partial charge in [0.25, 0.3) is 10.0 Å². The van der Waals surface area contributed by atoms with Crippen molar-refractivity contribution in [1.82, 2.24) is 23.7 Å². The van der Waals surface area contributed by atoms with Gasteiger partial charge in [-0.1, -0.05) is 0 Å². The molecule has 1 spiro atoms. The Morgan fingerprint density at radius 1 is 1.22 bits per heavy atom. The van der Waals surface area contributed by atoms with Crippen LogP contribution in [0.2, 0.25) is 0 Å². The van der Waals surface area contributed by atoms with Crippen molar-refractivity contribution in [2.24, 2.45) is 7.05 Å². The van der Waals surface area contributed by atoms with Crippen LogP contribution >= 0.6 is 0 Å². The number of fused-ring (bicyclic) bond motifs is 4. The fraction of sp³-hybridized carbons (Fsp3) is 0.357. The van der Waals surface area contributed by atoms with Gasteiger partial charge in [-0.2, -0.15) is 4.31 Å². The number of hydrogen-bond donors (Lipinski definition) is 3. The molecule has 11 nitrogen and oxygen atoms in total. The number of carbonyl (C=O) groups is 1. The van der Waals surface area contributed by atoms with Gasteiger partial charge in [0.2, 0.25) is 0 Å². The number of nitrogens with zero attached hydrogens (tertiary/aromatic N) is 4. The number of halogens is 1. The number of H-pyrrole nitrogens is 1. The van der Waals surface area contributed by atoms with Crippen LogP contribution in [-0.4, -0.2) is 76.6 Å². The molecule has 41 heavy (non-hydrogen) atoms. The minimum absolute atomic E-state index is 0.000110. The number of piperidine rings is 1.